The molecule has 0 unspecified atom stereocenters. The average molecular weight is 559 g/mol. The van der Waals surface area contributed by atoms with Crippen molar-refractivity contribution in [2.45, 2.75) is 63.3 Å². The normalized spacial score (nSPS) is 19.6. The SMILES string of the molecule is C[C@H](OC(=O)N1CCC(Oc2c(F)cc(C3CCN(S(=O)(=O)CCCO)CC3)cc2F)CC1)C(F)(F)F. The number of hydrogen-bond acceptors (Lipinski definition) is 6. The number of aliphatic hydroxyl groups is 1. The molecule has 1 aromatic carbocycles. The highest BCUT2D eigenvalue weighted by Gasteiger charge is 2.40. The molecule has 0 saturated carbocycles. The van der Waals surface area contributed by atoms with Crippen molar-refractivity contribution in [3.8, 4) is 5.75 Å². The first-order valence-electron chi connectivity index (χ1n) is 12.1. The third-order valence-corrected chi connectivity index (χ3v) is 8.58. The summed E-state index contributed by atoms with van der Waals surface area (Å²) in [4.78, 5) is 13.0. The van der Waals surface area contributed by atoms with E-state index < -0.39 is 51.9 Å². The lowest BCUT2D eigenvalue weighted by Crippen LogP contribution is -2.44. The van der Waals surface area contributed by atoms with E-state index in [2.05, 4.69) is 4.74 Å². The van der Waals surface area contributed by atoms with E-state index in [0.717, 1.165) is 11.8 Å². The van der Waals surface area contributed by atoms with Gasteiger partial charge in [0.1, 0.15) is 6.10 Å². The topological polar surface area (TPSA) is 96.4 Å². The summed E-state index contributed by atoms with van der Waals surface area (Å²) in [5.41, 5.74) is 0.395. The van der Waals surface area contributed by atoms with Crippen LogP contribution in [0.3, 0.4) is 0 Å². The molecule has 1 amide bonds. The number of halogens is 5. The first-order valence-corrected chi connectivity index (χ1v) is 13.7. The van der Waals surface area contributed by atoms with Crippen molar-refractivity contribution in [3.63, 3.8) is 0 Å². The van der Waals surface area contributed by atoms with Gasteiger partial charge in [-0.15, -0.1) is 0 Å². The number of hydrogen-bond donors (Lipinski definition) is 1. The van der Waals surface area contributed by atoms with Gasteiger partial charge in [-0.1, -0.05) is 0 Å². The van der Waals surface area contributed by atoms with Crippen molar-refractivity contribution < 1.29 is 49.7 Å². The summed E-state index contributed by atoms with van der Waals surface area (Å²) in [6.07, 6.45) is -7.47. The summed E-state index contributed by atoms with van der Waals surface area (Å²) in [6.45, 7) is 0.943. The van der Waals surface area contributed by atoms with Crippen LogP contribution in [0.4, 0.5) is 26.7 Å². The van der Waals surface area contributed by atoms with Crippen LogP contribution >= 0.6 is 0 Å². The zero-order chi connectivity index (χ0) is 27.4. The van der Waals surface area contributed by atoms with Gasteiger partial charge in [-0.3, -0.25) is 0 Å². The molecule has 2 saturated heterocycles. The highest BCUT2D eigenvalue weighted by atomic mass is 32.2. The molecule has 0 aliphatic carbocycles. The van der Waals surface area contributed by atoms with E-state index in [9.17, 15) is 35.2 Å². The van der Waals surface area contributed by atoms with E-state index in [4.69, 9.17) is 9.84 Å². The van der Waals surface area contributed by atoms with Crippen LogP contribution in [0.15, 0.2) is 12.1 Å². The number of nitrogens with zero attached hydrogens (tertiary/aromatic N) is 2. The maximum atomic E-state index is 14.8. The van der Waals surface area contributed by atoms with Crippen molar-refractivity contribution in [2.75, 3.05) is 38.5 Å². The number of sulfonamides is 1. The Morgan fingerprint density at radius 2 is 1.65 bits per heavy atom. The minimum Gasteiger partial charge on any atom is -0.484 e. The fourth-order valence-corrected chi connectivity index (χ4v) is 5.91. The first kappa shape index (κ1) is 29.4. The lowest BCUT2D eigenvalue weighted by molar-refractivity contribution is -0.200. The standard InChI is InChI=1S/C23H31F5N2O6S/c1-15(23(26,27)28)35-22(32)29-7-5-18(6-8-29)36-21-19(24)13-17(14-20(21)25)16-3-9-30(10-4-16)37(33,34)12-2-11-31/h13-16,18,31H,2-12H2,1H3/t15-/m0/s1. The predicted octanol–water partition coefficient (Wildman–Crippen LogP) is 3.79. The Balaban J connectivity index is 1.54. The highest BCUT2D eigenvalue weighted by Crippen LogP contribution is 2.34. The maximum absolute atomic E-state index is 14.8. The van der Waals surface area contributed by atoms with Gasteiger partial charge in [0.05, 0.1) is 5.75 Å². The van der Waals surface area contributed by atoms with Crippen LogP contribution in [0.5, 0.6) is 5.75 Å². The summed E-state index contributed by atoms with van der Waals surface area (Å²) in [6, 6.07) is 2.34. The van der Waals surface area contributed by atoms with Gasteiger partial charge < -0.3 is 19.5 Å². The number of aliphatic hydroxyl groups excluding tert-OH is 1. The lowest BCUT2D eigenvalue weighted by atomic mass is 9.90. The number of alkyl halides is 3. The molecule has 0 spiro atoms. The molecule has 2 aliphatic heterocycles. The highest BCUT2D eigenvalue weighted by molar-refractivity contribution is 7.89. The van der Waals surface area contributed by atoms with Gasteiger partial charge in [0.15, 0.2) is 23.5 Å². The van der Waals surface area contributed by atoms with Gasteiger partial charge in [0.25, 0.3) is 0 Å². The summed E-state index contributed by atoms with van der Waals surface area (Å²) in [7, 11) is -3.49. The molecular formula is C23H31F5N2O6S. The first-order chi connectivity index (χ1) is 17.3. The zero-order valence-electron chi connectivity index (χ0n) is 20.3. The number of rotatable bonds is 8. The Morgan fingerprint density at radius 3 is 2.16 bits per heavy atom. The minimum absolute atomic E-state index is 0.00911. The fraction of sp³-hybridized carbons (Fsp3) is 0.696. The lowest BCUT2D eigenvalue weighted by Gasteiger charge is -2.33. The third kappa shape index (κ3) is 7.66. The van der Waals surface area contributed by atoms with Gasteiger partial charge in [-0.05, 0) is 49.8 Å². The summed E-state index contributed by atoms with van der Waals surface area (Å²) in [5, 5.41) is 8.86. The van der Waals surface area contributed by atoms with Crippen molar-refractivity contribution >= 4 is 16.1 Å². The van der Waals surface area contributed by atoms with Gasteiger partial charge in [0.2, 0.25) is 10.0 Å². The molecule has 1 N–H and O–H groups in total. The van der Waals surface area contributed by atoms with E-state index >= 15 is 0 Å². The Morgan fingerprint density at radius 1 is 1.08 bits per heavy atom. The van der Waals surface area contributed by atoms with Crippen LogP contribution in [0, 0.1) is 11.6 Å². The Bertz CT molecular complexity index is 1020. The van der Waals surface area contributed by atoms with Crippen molar-refractivity contribution in [3.05, 3.63) is 29.3 Å². The predicted molar refractivity (Wildman–Crippen MR) is 123 cm³/mol. The summed E-state index contributed by atoms with van der Waals surface area (Å²) in [5.74, 6) is -2.78. The van der Waals surface area contributed by atoms with Crippen LogP contribution in [0.2, 0.25) is 0 Å². The summed E-state index contributed by atoms with van der Waals surface area (Å²) < 4.78 is 103. The van der Waals surface area contributed by atoms with Gasteiger partial charge >= 0.3 is 12.3 Å². The molecule has 2 fully saturated rings. The van der Waals surface area contributed by atoms with Crippen LogP contribution in [-0.2, 0) is 14.8 Å². The zero-order valence-corrected chi connectivity index (χ0v) is 21.2. The summed E-state index contributed by atoms with van der Waals surface area (Å²) >= 11 is 0. The van der Waals surface area contributed by atoms with Crippen molar-refractivity contribution in [1.82, 2.24) is 9.21 Å². The largest absolute Gasteiger partial charge is 0.484 e. The van der Waals surface area contributed by atoms with E-state index in [1.165, 1.54) is 16.4 Å². The number of carbonyl (C=O) groups excluding carboxylic acids is 1. The number of carbonyl (C=O) groups is 1. The second-order valence-corrected chi connectivity index (χ2v) is 11.3. The Hall–Kier alpha value is -2.19. The third-order valence-electron chi connectivity index (χ3n) is 6.62. The molecule has 14 heteroatoms. The molecule has 2 aliphatic rings. The molecule has 3 rings (SSSR count). The molecule has 37 heavy (non-hydrogen) atoms. The maximum Gasteiger partial charge on any atom is 0.425 e. The van der Waals surface area contributed by atoms with E-state index in [-0.39, 0.29) is 63.7 Å². The second kappa shape index (κ2) is 12.1. The number of amides is 1. The van der Waals surface area contributed by atoms with E-state index in [1.54, 1.807) is 0 Å². The smallest absolute Gasteiger partial charge is 0.425 e. The molecule has 0 bridgehead atoms. The van der Waals surface area contributed by atoms with E-state index in [1.807, 2.05) is 0 Å². The molecule has 0 aromatic heterocycles. The van der Waals surface area contributed by atoms with Gasteiger partial charge in [-0.2, -0.15) is 13.2 Å². The second-order valence-electron chi connectivity index (χ2n) is 9.25. The van der Waals surface area contributed by atoms with Crippen molar-refractivity contribution in [2.24, 2.45) is 0 Å². The fourth-order valence-electron chi connectivity index (χ4n) is 4.39. The van der Waals surface area contributed by atoms with Crippen LogP contribution < -0.4 is 4.74 Å². The minimum atomic E-state index is -4.67. The van der Waals surface area contributed by atoms with Gasteiger partial charge in [-0.25, -0.2) is 26.3 Å². The van der Waals surface area contributed by atoms with Crippen molar-refractivity contribution in [1.29, 1.82) is 0 Å². The van der Waals surface area contributed by atoms with Gasteiger partial charge in [0, 0.05) is 45.6 Å². The van der Waals surface area contributed by atoms with Crippen LogP contribution in [0.25, 0.3) is 0 Å². The molecular weight excluding hydrogens is 527 g/mol. The molecule has 0 radical (unpaired) electrons. The average Bonchev–Trinajstić information content (AvgIpc) is 2.84. The molecule has 1 aromatic rings. The van der Waals surface area contributed by atoms with E-state index in [0.29, 0.717) is 18.4 Å². The molecule has 210 valence electrons. The molecule has 1 atom stereocenters. The number of likely N-dealkylation sites (tertiary alicyclic amines) is 1. The number of piperidine rings is 2. The Labute approximate surface area is 212 Å². The number of benzene rings is 1. The molecule has 2 heterocycles. The monoisotopic (exact) mass is 558 g/mol. The van der Waals surface area contributed by atoms with Crippen LogP contribution in [-0.4, -0.2) is 85.7 Å². The number of ether oxygens (including phenoxy) is 2. The molecule has 8 nitrogen and oxygen atoms in total. The quantitative estimate of drug-likeness (QED) is 0.488. The van der Waals surface area contributed by atoms with Crippen LogP contribution in [0.1, 0.15) is 50.5 Å². The Kier molecular flexibility index (Phi) is 9.62.